The number of oxime groups is 1. The molecular formula is C10H14BrN3O2S. The summed E-state index contributed by atoms with van der Waals surface area (Å²) in [5.41, 5.74) is 5.53. The van der Waals surface area contributed by atoms with Crippen LogP contribution in [0.25, 0.3) is 0 Å². The standard InChI is InChI=1S/C10H14BrN3O2S/c1-5(2)8(9(12)14-16)13-10(15)6-3-4-7(11)17-6/h3-5,8,16H,1-2H3,(H2,12,14)(H,13,15). The van der Waals surface area contributed by atoms with Crippen molar-refractivity contribution < 1.29 is 10.0 Å². The molecule has 1 atom stereocenters. The first-order valence-electron chi connectivity index (χ1n) is 4.99. The zero-order valence-electron chi connectivity index (χ0n) is 9.48. The van der Waals surface area contributed by atoms with E-state index in [1.165, 1.54) is 11.3 Å². The molecule has 94 valence electrons. The lowest BCUT2D eigenvalue weighted by Gasteiger charge is -2.20. The molecule has 0 radical (unpaired) electrons. The Bertz CT molecular complexity index is 431. The van der Waals surface area contributed by atoms with E-state index in [0.29, 0.717) is 4.88 Å². The molecule has 0 aliphatic rings. The second kappa shape index (κ2) is 6.02. The predicted molar refractivity (Wildman–Crippen MR) is 71.5 cm³/mol. The van der Waals surface area contributed by atoms with Crippen LogP contribution in [0.5, 0.6) is 0 Å². The van der Waals surface area contributed by atoms with Gasteiger partial charge in [-0.15, -0.1) is 11.3 Å². The Balaban J connectivity index is 2.78. The van der Waals surface area contributed by atoms with Gasteiger partial charge in [0.15, 0.2) is 5.84 Å². The molecule has 0 aromatic carbocycles. The molecule has 0 fully saturated rings. The molecule has 1 amide bonds. The Morgan fingerprint density at radius 3 is 2.65 bits per heavy atom. The van der Waals surface area contributed by atoms with Gasteiger partial charge in [-0.25, -0.2) is 0 Å². The SMILES string of the molecule is CC(C)C(NC(=O)c1ccc(Br)s1)C(N)=NO. The van der Waals surface area contributed by atoms with Crippen LogP contribution in [0.2, 0.25) is 0 Å². The lowest BCUT2D eigenvalue weighted by molar-refractivity contribution is 0.0943. The van der Waals surface area contributed by atoms with Gasteiger partial charge in [0.25, 0.3) is 5.91 Å². The van der Waals surface area contributed by atoms with Crippen molar-refractivity contribution >= 4 is 39.0 Å². The molecule has 17 heavy (non-hydrogen) atoms. The minimum Gasteiger partial charge on any atom is -0.409 e. The lowest BCUT2D eigenvalue weighted by Crippen LogP contribution is -2.47. The fraction of sp³-hybridized carbons (Fsp3) is 0.400. The molecule has 1 rings (SSSR count). The second-order valence-electron chi connectivity index (χ2n) is 3.82. The van der Waals surface area contributed by atoms with E-state index in [0.717, 1.165) is 3.79 Å². The van der Waals surface area contributed by atoms with Gasteiger partial charge in [0, 0.05) is 0 Å². The quantitative estimate of drug-likeness (QED) is 0.343. The molecule has 0 aliphatic heterocycles. The molecule has 7 heteroatoms. The fourth-order valence-electron chi connectivity index (χ4n) is 1.29. The van der Waals surface area contributed by atoms with E-state index in [1.54, 1.807) is 12.1 Å². The van der Waals surface area contributed by atoms with Crippen molar-refractivity contribution in [3.63, 3.8) is 0 Å². The second-order valence-corrected chi connectivity index (χ2v) is 6.29. The highest BCUT2D eigenvalue weighted by Gasteiger charge is 2.21. The van der Waals surface area contributed by atoms with Crippen LogP contribution in [-0.2, 0) is 0 Å². The van der Waals surface area contributed by atoms with Crippen molar-refractivity contribution in [2.45, 2.75) is 19.9 Å². The number of amides is 1. The number of amidine groups is 1. The van der Waals surface area contributed by atoms with Crippen LogP contribution in [0.1, 0.15) is 23.5 Å². The summed E-state index contributed by atoms with van der Waals surface area (Å²) in [6.45, 7) is 3.76. The number of nitrogens with zero attached hydrogens (tertiary/aromatic N) is 1. The number of nitrogens with one attached hydrogen (secondary N) is 1. The summed E-state index contributed by atoms with van der Waals surface area (Å²) in [6, 6.07) is 3.04. The van der Waals surface area contributed by atoms with Gasteiger partial charge in [-0.2, -0.15) is 0 Å². The van der Waals surface area contributed by atoms with Crippen molar-refractivity contribution in [2.24, 2.45) is 16.8 Å². The highest BCUT2D eigenvalue weighted by Crippen LogP contribution is 2.22. The minimum atomic E-state index is -0.478. The summed E-state index contributed by atoms with van der Waals surface area (Å²) in [5, 5.41) is 14.3. The fourth-order valence-corrected chi connectivity index (χ4v) is 2.58. The van der Waals surface area contributed by atoms with Crippen molar-refractivity contribution in [1.82, 2.24) is 5.32 Å². The van der Waals surface area contributed by atoms with E-state index in [1.807, 2.05) is 13.8 Å². The van der Waals surface area contributed by atoms with E-state index in [-0.39, 0.29) is 17.7 Å². The van der Waals surface area contributed by atoms with Crippen molar-refractivity contribution in [3.8, 4) is 0 Å². The normalized spacial score (nSPS) is 13.8. The Labute approximate surface area is 112 Å². The molecule has 1 aromatic rings. The van der Waals surface area contributed by atoms with Gasteiger partial charge in [0.05, 0.1) is 14.7 Å². The first-order valence-corrected chi connectivity index (χ1v) is 6.60. The highest BCUT2D eigenvalue weighted by molar-refractivity contribution is 9.11. The Morgan fingerprint density at radius 2 is 2.24 bits per heavy atom. The number of nitrogens with two attached hydrogens (primary N) is 1. The number of rotatable bonds is 4. The maximum absolute atomic E-state index is 11.9. The molecule has 1 heterocycles. The number of carbonyl (C=O) groups excluding carboxylic acids is 1. The van der Waals surface area contributed by atoms with Crippen LogP contribution < -0.4 is 11.1 Å². The number of halogens is 1. The summed E-state index contributed by atoms with van der Waals surface area (Å²) in [5.74, 6) is -0.187. The first-order chi connectivity index (χ1) is 7.95. The number of hydrogen-bond acceptors (Lipinski definition) is 4. The van der Waals surface area contributed by atoms with Crippen molar-refractivity contribution in [3.05, 3.63) is 20.8 Å². The van der Waals surface area contributed by atoms with E-state index in [4.69, 9.17) is 10.9 Å². The Morgan fingerprint density at radius 1 is 1.59 bits per heavy atom. The molecule has 0 bridgehead atoms. The lowest BCUT2D eigenvalue weighted by atomic mass is 10.0. The number of hydrogen-bond donors (Lipinski definition) is 3. The average Bonchev–Trinajstić information content (AvgIpc) is 2.71. The van der Waals surface area contributed by atoms with Crippen LogP contribution in [0.4, 0.5) is 0 Å². The van der Waals surface area contributed by atoms with Crippen LogP contribution in [0, 0.1) is 5.92 Å². The smallest absolute Gasteiger partial charge is 0.261 e. The van der Waals surface area contributed by atoms with Crippen LogP contribution >= 0.6 is 27.3 Å². The Kier molecular flexibility index (Phi) is 4.95. The third-order valence-electron chi connectivity index (χ3n) is 2.18. The highest BCUT2D eigenvalue weighted by atomic mass is 79.9. The summed E-state index contributed by atoms with van der Waals surface area (Å²) in [7, 11) is 0. The summed E-state index contributed by atoms with van der Waals surface area (Å²) < 4.78 is 0.882. The molecule has 5 nitrogen and oxygen atoms in total. The maximum Gasteiger partial charge on any atom is 0.261 e. The molecule has 0 spiro atoms. The largest absolute Gasteiger partial charge is 0.409 e. The van der Waals surface area contributed by atoms with Gasteiger partial charge in [0.2, 0.25) is 0 Å². The number of carbonyl (C=O) groups is 1. The van der Waals surface area contributed by atoms with Crippen LogP contribution in [0.15, 0.2) is 21.1 Å². The summed E-state index contributed by atoms with van der Waals surface area (Å²) in [4.78, 5) is 12.5. The van der Waals surface area contributed by atoms with Gasteiger partial charge in [-0.3, -0.25) is 4.79 Å². The van der Waals surface area contributed by atoms with E-state index < -0.39 is 6.04 Å². The third kappa shape index (κ3) is 3.71. The van der Waals surface area contributed by atoms with Gasteiger partial charge in [-0.05, 0) is 34.0 Å². The summed E-state index contributed by atoms with van der Waals surface area (Å²) in [6.07, 6.45) is 0. The van der Waals surface area contributed by atoms with Gasteiger partial charge >= 0.3 is 0 Å². The topological polar surface area (TPSA) is 87.7 Å². The third-order valence-corrected chi connectivity index (χ3v) is 3.81. The zero-order valence-corrected chi connectivity index (χ0v) is 11.9. The van der Waals surface area contributed by atoms with E-state index in [9.17, 15) is 4.79 Å². The Hall–Kier alpha value is -1.08. The van der Waals surface area contributed by atoms with Gasteiger partial charge in [-0.1, -0.05) is 19.0 Å². The van der Waals surface area contributed by atoms with Crippen molar-refractivity contribution in [2.75, 3.05) is 0 Å². The molecule has 0 aliphatic carbocycles. The predicted octanol–water partition coefficient (Wildman–Crippen LogP) is 2.01. The van der Waals surface area contributed by atoms with E-state index >= 15 is 0 Å². The molecule has 0 saturated carbocycles. The molecule has 0 saturated heterocycles. The molecule has 1 aromatic heterocycles. The van der Waals surface area contributed by atoms with Crippen LogP contribution in [0.3, 0.4) is 0 Å². The summed E-state index contributed by atoms with van der Waals surface area (Å²) >= 11 is 4.62. The first kappa shape index (κ1) is 14.0. The number of thiophene rings is 1. The average molecular weight is 320 g/mol. The zero-order chi connectivity index (χ0) is 13.0. The molecule has 1 unspecified atom stereocenters. The van der Waals surface area contributed by atoms with Crippen molar-refractivity contribution in [1.29, 1.82) is 0 Å². The maximum atomic E-state index is 11.9. The van der Waals surface area contributed by atoms with Gasteiger partial charge < -0.3 is 16.3 Å². The minimum absolute atomic E-state index is 0.00368. The molecule has 4 N–H and O–H groups in total. The monoisotopic (exact) mass is 319 g/mol. The van der Waals surface area contributed by atoms with E-state index in [2.05, 4.69) is 26.4 Å². The molecular weight excluding hydrogens is 306 g/mol. The van der Waals surface area contributed by atoms with Gasteiger partial charge in [0.1, 0.15) is 0 Å². The van der Waals surface area contributed by atoms with Crippen LogP contribution in [-0.4, -0.2) is 23.0 Å².